The fourth-order valence-electron chi connectivity index (χ4n) is 1.43. The molecule has 0 radical (unpaired) electrons. The Hall–Kier alpha value is -1.88. The van der Waals surface area contributed by atoms with Gasteiger partial charge in [0, 0.05) is 16.7 Å². The van der Waals surface area contributed by atoms with Gasteiger partial charge in [0.05, 0.1) is 0 Å². The van der Waals surface area contributed by atoms with Gasteiger partial charge in [-0.15, -0.1) is 0 Å². The Labute approximate surface area is 113 Å². The molecule has 4 nitrogen and oxygen atoms in total. The van der Waals surface area contributed by atoms with E-state index in [0.29, 0.717) is 11.4 Å². The highest BCUT2D eigenvalue weighted by Crippen LogP contribution is 2.28. The van der Waals surface area contributed by atoms with Gasteiger partial charge in [-0.3, -0.25) is 10.4 Å². The molecule has 2 rings (SSSR count). The average molecular weight is 306 g/mol. The number of benzene rings is 1. The molecule has 0 atom stereocenters. The fourth-order valence-corrected chi connectivity index (χ4v) is 1.77. The molecular weight excluding hydrogens is 294 g/mol. The summed E-state index contributed by atoms with van der Waals surface area (Å²) in [5, 5.41) is 7.34. The summed E-state index contributed by atoms with van der Waals surface area (Å²) in [5.41, 5.74) is 6.82. The summed E-state index contributed by atoms with van der Waals surface area (Å²) in [7, 11) is 0. The Kier molecular flexibility index (Phi) is 3.62. The summed E-state index contributed by atoms with van der Waals surface area (Å²) in [4.78, 5) is 3.98. The van der Waals surface area contributed by atoms with Crippen molar-refractivity contribution in [1.82, 2.24) is 4.98 Å². The molecule has 2 aromatic rings. The summed E-state index contributed by atoms with van der Waals surface area (Å²) in [6.07, 6.45) is 1.57. The molecule has 0 saturated heterocycles. The van der Waals surface area contributed by atoms with Gasteiger partial charge in [0.2, 0.25) is 0 Å². The SMILES string of the molecule is Cc1ccc(Br)cc1Oc1ccnc(C(=N)N)c1. The zero-order chi connectivity index (χ0) is 13.1. The Morgan fingerprint density at radius 2 is 2.11 bits per heavy atom. The number of halogens is 1. The lowest BCUT2D eigenvalue weighted by molar-refractivity contribution is 0.477. The van der Waals surface area contributed by atoms with Crippen LogP contribution in [0.15, 0.2) is 41.0 Å². The Morgan fingerprint density at radius 3 is 2.83 bits per heavy atom. The molecule has 1 heterocycles. The van der Waals surface area contributed by atoms with Crippen LogP contribution in [0.2, 0.25) is 0 Å². The van der Waals surface area contributed by atoms with Crippen molar-refractivity contribution in [2.75, 3.05) is 0 Å². The Balaban J connectivity index is 2.31. The van der Waals surface area contributed by atoms with Crippen LogP contribution < -0.4 is 10.5 Å². The summed E-state index contributed by atoms with van der Waals surface area (Å²) in [6, 6.07) is 9.18. The van der Waals surface area contributed by atoms with Crippen molar-refractivity contribution in [3.05, 3.63) is 52.3 Å². The first-order chi connectivity index (χ1) is 8.56. The third-order valence-corrected chi connectivity index (χ3v) is 2.88. The van der Waals surface area contributed by atoms with Gasteiger partial charge in [-0.1, -0.05) is 22.0 Å². The van der Waals surface area contributed by atoms with E-state index in [1.807, 2.05) is 25.1 Å². The highest BCUT2D eigenvalue weighted by atomic mass is 79.9. The summed E-state index contributed by atoms with van der Waals surface area (Å²) in [5.74, 6) is 1.29. The van der Waals surface area contributed by atoms with Crippen LogP contribution in [-0.4, -0.2) is 10.8 Å². The van der Waals surface area contributed by atoms with Gasteiger partial charge in [0.15, 0.2) is 0 Å². The van der Waals surface area contributed by atoms with Gasteiger partial charge in [-0.2, -0.15) is 0 Å². The highest BCUT2D eigenvalue weighted by molar-refractivity contribution is 9.10. The van der Waals surface area contributed by atoms with E-state index in [0.717, 1.165) is 15.8 Å². The Morgan fingerprint density at radius 1 is 1.33 bits per heavy atom. The number of hydrogen-bond donors (Lipinski definition) is 2. The molecule has 0 amide bonds. The van der Waals surface area contributed by atoms with Crippen molar-refractivity contribution in [1.29, 1.82) is 5.41 Å². The van der Waals surface area contributed by atoms with Gasteiger partial charge in [-0.05, 0) is 30.7 Å². The third-order valence-electron chi connectivity index (χ3n) is 2.39. The van der Waals surface area contributed by atoms with E-state index in [1.165, 1.54) is 0 Å². The topological polar surface area (TPSA) is 72.0 Å². The van der Waals surface area contributed by atoms with Crippen LogP contribution in [0, 0.1) is 12.3 Å². The second-order valence-corrected chi connectivity index (χ2v) is 4.72. The zero-order valence-electron chi connectivity index (χ0n) is 9.77. The zero-order valence-corrected chi connectivity index (χ0v) is 11.4. The van der Waals surface area contributed by atoms with Crippen molar-refractivity contribution < 1.29 is 4.74 Å². The molecule has 0 fully saturated rings. The number of nitrogens with one attached hydrogen (secondary N) is 1. The van der Waals surface area contributed by atoms with Crippen LogP contribution in [0.4, 0.5) is 0 Å². The number of nitrogens with zero attached hydrogens (tertiary/aromatic N) is 1. The van der Waals surface area contributed by atoms with Crippen LogP contribution in [-0.2, 0) is 0 Å². The van der Waals surface area contributed by atoms with Crippen LogP contribution in [0.3, 0.4) is 0 Å². The molecular formula is C13H12BrN3O. The molecule has 0 aliphatic rings. The van der Waals surface area contributed by atoms with Crippen molar-refractivity contribution in [3.8, 4) is 11.5 Å². The van der Waals surface area contributed by atoms with Crippen LogP contribution in [0.1, 0.15) is 11.3 Å². The molecule has 92 valence electrons. The Bertz CT molecular complexity index is 599. The van der Waals surface area contributed by atoms with E-state index < -0.39 is 0 Å². The molecule has 0 spiro atoms. The number of pyridine rings is 1. The predicted octanol–water partition coefficient (Wildman–Crippen LogP) is 3.23. The van der Waals surface area contributed by atoms with Crippen LogP contribution in [0.5, 0.6) is 11.5 Å². The molecule has 0 aliphatic carbocycles. The second kappa shape index (κ2) is 5.18. The van der Waals surface area contributed by atoms with E-state index in [4.69, 9.17) is 15.9 Å². The lowest BCUT2D eigenvalue weighted by Crippen LogP contribution is -2.12. The van der Waals surface area contributed by atoms with Crippen molar-refractivity contribution in [2.45, 2.75) is 6.92 Å². The van der Waals surface area contributed by atoms with E-state index in [2.05, 4.69) is 20.9 Å². The number of hydrogen-bond acceptors (Lipinski definition) is 3. The molecule has 18 heavy (non-hydrogen) atoms. The van der Waals surface area contributed by atoms with Crippen molar-refractivity contribution >= 4 is 21.8 Å². The first kappa shape index (κ1) is 12.6. The number of aromatic nitrogens is 1. The molecule has 1 aromatic carbocycles. The number of rotatable bonds is 3. The first-order valence-corrected chi connectivity index (χ1v) is 6.10. The van der Waals surface area contributed by atoms with Crippen LogP contribution in [0.25, 0.3) is 0 Å². The van der Waals surface area contributed by atoms with Gasteiger partial charge in [0.25, 0.3) is 0 Å². The van der Waals surface area contributed by atoms with Crippen molar-refractivity contribution in [3.63, 3.8) is 0 Å². The minimum atomic E-state index is -0.0774. The van der Waals surface area contributed by atoms with E-state index >= 15 is 0 Å². The first-order valence-electron chi connectivity index (χ1n) is 5.31. The van der Waals surface area contributed by atoms with Gasteiger partial charge in [-0.25, -0.2) is 0 Å². The number of amidine groups is 1. The van der Waals surface area contributed by atoms with Gasteiger partial charge >= 0.3 is 0 Å². The van der Waals surface area contributed by atoms with E-state index in [9.17, 15) is 0 Å². The van der Waals surface area contributed by atoms with Gasteiger partial charge < -0.3 is 10.5 Å². The lowest BCUT2D eigenvalue weighted by atomic mass is 10.2. The number of nitrogens with two attached hydrogens (primary N) is 1. The second-order valence-electron chi connectivity index (χ2n) is 3.80. The quantitative estimate of drug-likeness (QED) is 0.675. The molecule has 0 saturated carbocycles. The largest absolute Gasteiger partial charge is 0.457 e. The lowest BCUT2D eigenvalue weighted by Gasteiger charge is -2.09. The monoisotopic (exact) mass is 305 g/mol. The third kappa shape index (κ3) is 2.87. The smallest absolute Gasteiger partial charge is 0.141 e. The maximum atomic E-state index is 7.34. The summed E-state index contributed by atoms with van der Waals surface area (Å²) >= 11 is 3.40. The molecule has 3 N–H and O–H groups in total. The fraction of sp³-hybridized carbons (Fsp3) is 0.0769. The maximum Gasteiger partial charge on any atom is 0.141 e. The van der Waals surface area contributed by atoms with Crippen molar-refractivity contribution in [2.24, 2.45) is 5.73 Å². The maximum absolute atomic E-state index is 7.34. The standard InChI is InChI=1S/C13H12BrN3O/c1-8-2-3-9(14)6-12(8)18-10-4-5-17-11(7-10)13(15)16/h2-7H,1H3,(H3,15,16). The molecule has 0 bridgehead atoms. The summed E-state index contributed by atoms with van der Waals surface area (Å²) in [6.45, 7) is 1.97. The molecule has 5 heteroatoms. The van der Waals surface area contributed by atoms with Gasteiger partial charge in [0.1, 0.15) is 23.0 Å². The van der Waals surface area contributed by atoms with Crippen LogP contribution >= 0.6 is 15.9 Å². The molecule has 0 aliphatic heterocycles. The predicted molar refractivity (Wildman–Crippen MR) is 74.2 cm³/mol. The van der Waals surface area contributed by atoms with E-state index in [1.54, 1.807) is 18.3 Å². The minimum Gasteiger partial charge on any atom is -0.457 e. The highest BCUT2D eigenvalue weighted by Gasteiger charge is 2.05. The number of ether oxygens (including phenoxy) is 1. The van der Waals surface area contributed by atoms with E-state index in [-0.39, 0.29) is 5.84 Å². The number of aryl methyl sites for hydroxylation is 1. The minimum absolute atomic E-state index is 0.0774. The molecule has 1 aromatic heterocycles. The average Bonchev–Trinajstić information content (AvgIpc) is 2.34. The molecule has 0 unspecified atom stereocenters. The normalized spacial score (nSPS) is 10.1. The summed E-state index contributed by atoms with van der Waals surface area (Å²) < 4.78 is 6.71. The number of nitrogen functional groups attached to an aromatic ring is 1.